The maximum absolute atomic E-state index is 12.4. The Kier molecular flexibility index (Phi) is 3.69. The fourth-order valence-electron chi connectivity index (χ4n) is 2.11. The second-order valence-electron chi connectivity index (χ2n) is 4.64. The van der Waals surface area contributed by atoms with Crippen LogP contribution in [-0.2, 0) is 0 Å². The number of aromatic nitrogens is 4. The van der Waals surface area contributed by atoms with Gasteiger partial charge in [-0.15, -0.1) is 0 Å². The molecule has 0 fully saturated rings. The summed E-state index contributed by atoms with van der Waals surface area (Å²) in [7, 11) is 0. The molecule has 2 aromatic heterocycles. The molecule has 0 atom stereocenters. The zero-order valence-electron chi connectivity index (χ0n) is 12.3. The van der Waals surface area contributed by atoms with Gasteiger partial charge in [0.2, 0.25) is 0 Å². The molecule has 2 heterocycles. The van der Waals surface area contributed by atoms with Gasteiger partial charge in [-0.2, -0.15) is 10.1 Å². The van der Waals surface area contributed by atoms with Gasteiger partial charge in [-0.25, -0.2) is 9.50 Å². The van der Waals surface area contributed by atoms with E-state index in [0.29, 0.717) is 29.3 Å². The molecule has 1 aromatic carbocycles. The molecule has 1 N–H and O–H groups in total. The summed E-state index contributed by atoms with van der Waals surface area (Å²) < 4.78 is 6.90. The van der Waals surface area contributed by atoms with E-state index < -0.39 is 0 Å². The molecular weight excluding hydrogens is 282 g/mol. The molecule has 22 heavy (non-hydrogen) atoms. The van der Waals surface area contributed by atoms with Gasteiger partial charge in [0, 0.05) is 11.9 Å². The normalized spacial score (nSPS) is 10.6. The van der Waals surface area contributed by atoms with Crippen LogP contribution in [0.4, 0.5) is 5.69 Å². The minimum Gasteiger partial charge on any atom is -0.494 e. The first-order valence-electron chi connectivity index (χ1n) is 6.88. The van der Waals surface area contributed by atoms with Crippen LogP contribution in [0.3, 0.4) is 0 Å². The highest BCUT2D eigenvalue weighted by Crippen LogP contribution is 2.17. The van der Waals surface area contributed by atoms with Crippen molar-refractivity contribution in [3.8, 4) is 5.75 Å². The van der Waals surface area contributed by atoms with Gasteiger partial charge in [0.25, 0.3) is 11.7 Å². The van der Waals surface area contributed by atoms with Crippen molar-refractivity contribution in [1.82, 2.24) is 19.6 Å². The van der Waals surface area contributed by atoms with Crippen LogP contribution in [0.25, 0.3) is 5.78 Å². The van der Waals surface area contributed by atoms with E-state index in [9.17, 15) is 4.79 Å². The molecule has 0 saturated carbocycles. The maximum Gasteiger partial charge on any atom is 0.259 e. The lowest BCUT2D eigenvalue weighted by molar-refractivity contribution is 0.102. The number of nitrogens with one attached hydrogen (secondary N) is 1. The van der Waals surface area contributed by atoms with Gasteiger partial charge in [-0.3, -0.25) is 4.79 Å². The molecule has 0 saturated heterocycles. The monoisotopic (exact) mass is 297 g/mol. The van der Waals surface area contributed by atoms with Gasteiger partial charge >= 0.3 is 0 Å². The number of amides is 1. The molecule has 0 unspecified atom stereocenters. The van der Waals surface area contributed by atoms with Gasteiger partial charge in [0.1, 0.15) is 12.1 Å². The fraction of sp³-hybridized carbons (Fsp3) is 0.200. The topological polar surface area (TPSA) is 81.4 Å². The first kappa shape index (κ1) is 14.0. The molecule has 7 nitrogen and oxygen atoms in total. The van der Waals surface area contributed by atoms with Crippen LogP contribution in [0.1, 0.15) is 23.0 Å². The molecule has 0 aliphatic heterocycles. The average Bonchev–Trinajstić information content (AvgIpc) is 2.99. The molecule has 0 aliphatic rings. The summed E-state index contributed by atoms with van der Waals surface area (Å²) in [5.41, 5.74) is 1.82. The van der Waals surface area contributed by atoms with Crippen LogP contribution in [-0.4, -0.2) is 32.1 Å². The summed E-state index contributed by atoms with van der Waals surface area (Å²) in [5.74, 6) is 0.990. The lowest BCUT2D eigenvalue weighted by atomic mass is 10.2. The van der Waals surface area contributed by atoms with Crippen LogP contribution in [0.5, 0.6) is 5.75 Å². The Balaban J connectivity index is 1.82. The van der Waals surface area contributed by atoms with Crippen LogP contribution in [0.15, 0.2) is 36.8 Å². The van der Waals surface area contributed by atoms with Crippen LogP contribution in [0, 0.1) is 6.92 Å². The molecule has 3 rings (SSSR count). The van der Waals surface area contributed by atoms with E-state index in [2.05, 4.69) is 20.4 Å². The number of ether oxygens (including phenoxy) is 1. The number of fused-ring (bicyclic) bond motifs is 1. The Morgan fingerprint density at radius 1 is 1.27 bits per heavy atom. The Morgan fingerprint density at radius 2 is 2.05 bits per heavy atom. The second-order valence-corrected chi connectivity index (χ2v) is 4.64. The van der Waals surface area contributed by atoms with Crippen molar-refractivity contribution in [3.63, 3.8) is 0 Å². The number of aryl methyl sites for hydroxylation is 1. The largest absolute Gasteiger partial charge is 0.494 e. The lowest BCUT2D eigenvalue weighted by Gasteiger charge is -2.09. The number of carbonyl (C=O) groups excluding carboxylic acids is 1. The van der Waals surface area contributed by atoms with E-state index >= 15 is 0 Å². The lowest BCUT2D eigenvalue weighted by Crippen LogP contribution is -2.16. The third kappa shape index (κ3) is 2.60. The van der Waals surface area contributed by atoms with Gasteiger partial charge < -0.3 is 10.1 Å². The molecule has 3 aromatic rings. The molecule has 1 amide bonds. The Labute approximate surface area is 127 Å². The van der Waals surface area contributed by atoms with E-state index in [4.69, 9.17) is 4.74 Å². The number of carbonyl (C=O) groups is 1. The highest BCUT2D eigenvalue weighted by Gasteiger charge is 2.13. The predicted octanol–water partition coefficient (Wildman–Crippen LogP) is 2.08. The van der Waals surface area contributed by atoms with Crippen LogP contribution >= 0.6 is 0 Å². The molecule has 7 heteroatoms. The summed E-state index contributed by atoms with van der Waals surface area (Å²) in [4.78, 5) is 20.5. The van der Waals surface area contributed by atoms with Crippen molar-refractivity contribution in [1.29, 1.82) is 0 Å². The molecule has 0 spiro atoms. The predicted molar refractivity (Wildman–Crippen MR) is 81.1 cm³/mol. The number of rotatable bonds is 4. The van der Waals surface area contributed by atoms with E-state index in [1.54, 1.807) is 19.1 Å². The first-order valence-corrected chi connectivity index (χ1v) is 6.88. The molecule has 0 radical (unpaired) electrons. The SMILES string of the molecule is CCOc1ccc(NC(=O)c2cnc3ncnn3c2C)cc1. The van der Waals surface area contributed by atoms with E-state index in [1.165, 1.54) is 17.0 Å². The molecule has 0 aliphatic carbocycles. The molecule has 112 valence electrons. The van der Waals surface area contributed by atoms with Gasteiger partial charge in [0.05, 0.1) is 17.9 Å². The zero-order chi connectivity index (χ0) is 15.5. The summed E-state index contributed by atoms with van der Waals surface area (Å²) in [6.07, 6.45) is 2.91. The van der Waals surface area contributed by atoms with Crippen molar-refractivity contribution in [3.05, 3.63) is 48.0 Å². The van der Waals surface area contributed by atoms with Crippen molar-refractivity contribution < 1.29 is 9.53 Å². The Bertz CT molecular complexity index is 810. The number of nitrogens with zero attached hydrogens (tertiary/aromatic N) is 4. The van der Waals surface area contributed by atoms with Gasteiger partial charge in [-0.05, 0) is 38.1 Å². The van der Waals surface area contributed by atoms with Crippen molar-refractivity contribution in [2.24, 2.45) is 0 Å². The number of anilines is 1. The highest BCUT2D eigenvalue weighted by molar-refractivity contribution is 6.04. The highest BCUT2D eigenvalue weighted by atomic mass is 16.5. The third-order valence-corrected chi connectivity index (χ3v) is 3.21. The van der Waals surface area contributed by atoms with Crippen LogP contribution < -0.4 is 10.1 Å². The zero-order valence-corrected chi connectivity index (χ0v) is 12.3. The third-order valence-electron chi connectivity index (χ3n) is 3.21. The number of hydrogen-bond donors (Lipinski definition) is 1. The first-order chi connectivity index (χ1) is 10.7. The number of hydrogen-bond acceptors (Lipinski definition) is 5. The van der Waals surface area contributed by atoms with Gasteiger partial charge in [-0.1, -0.05) is 0 Å². The van der Waals surface area contributed by atoms with E-state index in [-0.39, 0.29) is 5.91 Å². The Hall–Kier alpha value is -2.96. The van der Waals surface area contributed by atoms with E-state index in [0.717, 1.165) is 5.75 Å². The summed E-state index contributed by atoms with van der Waals surface area (Å²) in [6.45, 7) is 4.33. The quantitative estimate of drug-likeness (QED) is 0.797. The van der Waals surface area contributed by atoms with Crippen molar-refractivity contribution >= 4 is 17.4 Å². The minimum atomic E-state index is -0.244. The van der Waals surface area contributed by atoms with Crippen LogP contribution in [0.2, 0.25) is 0 Å². The fourth-order valence-corrected chi connectivity index (χ4v) is 2.11. The summed E-state index contributed by atoms with van der Waals surface area (Å²) in [5, 5.41) is 6.88. The smallest absolute Gasteiger partial charge is 0.259 e. The second kappa shape index (κ2) is 5.80. The van der Waals surface area contributed by atoms with E-state index in [1.807, 2.05) is 19.1 Å². The maximum atomic E-state index is 12.4. The Morgan fingerprint density at radius 3 is 2.77 bits per heavy atom. The molecular formula is C15H15N5O2. The van der Waals surface area contributed by atoms with Crippen molar-refractivity contribution in [2.75, 3.05) is 11.9 Å². The number of benzene rings is 1. The van der Waals surface area contributed by atoms with Crippen molar-refractivity contribution in [2.45, 2.75) is 13.8 Å². The van der Waals surface area contributed by atoms with Gasteiger partial charge in [0.15, 0.2) is 0 Å². The minimum absolute atomic E-state index is 0.244. The molecule has 0 bridgehead atoms. The standard InChI is InChI=1S/C15H15N5O2/c1-3-22-12-6-4-11(5-7-12)19-14(21)13-8-16-15-17-9-18-20(15)10(13)2/h4-9H,3H2,1-2H3,(H,19,21). The average molecular weight is 297 g/mol. The summed E-state index contributed by atoms with van der Waals surface area (Å²) in [6, 6.07) is 7.20. The summed E-state index contributed by atoms with van der Waals surface area (Å²) >= 11 is 0.